The molecule has 2 atom stereocenters. The number of nitrogens with one attached hydrogen (secondary N) is 2. The van der Waals surface area contributed by atoms with Gasteiger partial charge in [0.2, 0.25) is 11.8 Å². The van der Waals surface area contributed by atoms with E-state index in [2.05, 4.69) is 24.5 Å². The highest BCUT2D eigenvalue weighted by Gasteiger charge is 2.19. The first-order chi connectivity index (χ1) is 10.8. The van der Waals surface area contributed by atoms with Crippen molar-refractivity contribution in [3.63, 3.8) is 0 Å². The highest BCUT2D eigenvalue weighted by Crippen LogP contribution is 2.19. The van der Waals surface area contributed by atoms with E-state index in [1.54, 1.807) is 12.1 Å². The SMILES string of the molecule is CC(=O)NC(CC(=O)NC(CN)CC(C)C)c1ccc(Cl)cc1. The molecule has 6 heteroatoms. The number of hydrogen-bond acceptors (Lipinski definition) is 3. The monoisotopic (exact) mass is 339 g/mol. The van der Waals surface area contributed by atoms with E-state index < -0.39 is 0 Å². The third-order valence-electron chi connectivity index (χ3n) is 3.44. The second-order valence-corrected chi connectivity index (χ2v) is 6.57. The molecular weight excluding hydrogens is 314 g/mol. The van der Waals surface area contributed by atoms with Gasteiger partial charge < -0.3 is 16.4 Å². The van der Waals surface area contributed by atoms with Crippen LogP contribution < -0.4 is 16.4 Å². The first kappa shape index (κ1) is 19.5. The Labute approximate surface area is 143 Å². The van der Waals surface area contributed by atoms with Gasteiger partial charge in [-0.25, -0.2) is 0 Å². The van der Waals surface area contributed by atoms with Crippen LogP contribution in [0.15, 0.2) is 24.3 Å². The van der Waals surface area contributed by atoms with Crippen molar-refractivity contribution in [3.8, 4) is 0 Å². The maximum Gasteiger partial charge on any atom is 0.222 e. The Balaban J connectivity index is 2.74. The van der Waals surface area contributed by atoms with Crippen LogP contribution in [0.3, 0.4) is 0 Å². The van der Waals surface area contributed by atoms with Crippen LogP contribution in [0.5, 0.6) is 0 Å². The lowest BCUT2D eigenvalue weighted by Crippen LogP contribution is -2.42. The lowest BCUT2D eigenvalue weighted by atomic mass is 10.0. The van der Waals surface area contributed by atoms with Gasteiger partial charge in [-0.05, 0) is 30.0 Å². The molecule has 0 heterocycles. The minimum atomic E-state index is -0.387. The second kappa shape index (κ2) is 9.53. The molecule has 0 bridgehead atoms. The summed E-state index contributed by atoms with van der Waals surface area (Å²) in [6, 6.07) is 6.67. The number of carbonyl (C=O) groups excluding carboxylic acids is 2. The Morgan fingerprint density at radius 2 is 1.78 bits per heavy atom. The summed E-state index contributed by atoms with van der Waals surface area (Å²) in [5.74, 6) is 0.136. The van der Waals surface area contributed by atoms with Crippen molar-refractivity contribution in [1.82, 2.24) is 10.6 Å². The molecule has 0 aromatic heterocycles. The molecule has 5 nitrogen and oxygen atoms in total. The van der Waals surface area contributed by atoms with E-state index in [0.717, 1.165) is 12.0 Å². The van der Waals surface area contributed by atoms with Crippen molar-refractivity contribution >= 4 is 23.4 Å². The molecule has 0 radical (unpaired) electrons. The largest absolute Gasteiger partial charge is 0.352 e. The van der Waals surface area contributed by atoms with Crippen LogP contribution in [0.25, 0.3) is 0 Å². The molecule has 0 fully saturated rings. The predicted molar refractivity (Wildman–Crippen MR) is 93.1 cm³/mol. The third-order valence-corrected chi connectivity index (χ3v) is 3.70. The normalized spacial score (nSPS) is 13.5. The number of benzene rings is 1. The highest BCUT2D eigenvalue weighted by atomic mass is 35.5. The number of rotatable bonds is 8. The van der Waals surface area contributed by atoms with Crippen LogP contribution in [0.2, 0.25) is 5.02 Å². The van der Waals surface area contributed by atoms with Crippen LogP contribution in [0.1, 0.15) is 45.2 Å². The molecule has 1 rings (SSSR count). The molecular formula is C17H26ClN3O2. The van der Waals surface area contributed by atoms with Crippen molar-refractivity contribution in [2.75, 3.05) is 6.54 Å². The highest BCUT2D eigenvalue weighted by molar-refractivity contribution is 6.30. The van der Waals surface area contributed by atoms with E-state index in [1.807, 2.05) is 12.1 Å². The van der Waals surface area contributed by atoms with Crippen molar-refractivity contribution in [2.24, 2.45) is 11.7 Å². The summed E-state index contributed by atoms with van der Waals surface area (Å²) in [7, 11) is 0. The zero-order chi connectivity index (χ0) is 17.4. The fourth-order valence-electron chi connectivity index (χ4n) is 2.45. The molecule has 0 spiro atoms. The standard InChI is InChI=1S/C17H26ClN3O2/c1-11(2)8-15(10-19)21-17(23)9-16(20-12(3)22)13-4-6-14(18)7-5-13/h4-7,11,15-16H,8-10,19H2,1-3H3,(H,20,22)(H,21,23). The summed E-state index contributed by atoms with van der Waals surface area (Å²) in [6.07, 6.45) is 0.990. The average molecular weight is 340 g/mol. The molecule has 4 N–H and O–H groups in total. The molecule has 2 amide bonds. The maximum atomic E-state index is 12.3. The number of halogens is 1. The van der Waals surface area contributed by atoms with Crippen LogP contribution >= 0.6 is 11.6 Å². The van der Waals surface area contributed by atoms with Gasteiger partial charge >= 0.3 is 0 Å². The topological polar surface area (TPSA) is 84.2 Å². The molecule has 0 saturated carbocycles. The van der Waals surface area contributed by atoms with E-state index >= 15 is 0 Å². The molecule has 0 aliphatic rings. The van der Waals surface area contributed by atoms with Gasteiger partial charge in [-0.3, -0.25) is 9.59 Å². The predicted octanol–water partition coefficient (Wildman–Crippen LogP) is 2.40. The summed E-state index contributed by atoms with van der Waals surface area (Å²) in [5.41, 5.74) is 6.55. The lowest BCUT2D eigenvalue weighted by Gasteiger charge is -2.22. The first-order valence-electron chi connectivity index (χ1n) is 7.83. The van der Waals surface area contributed by atoms with Crippen LogP contribution in [0, 0.1) is 5.92 Å². The minimum Gasteiger partial charge on any atom is -0.352 e. The van der Waals surface area contributed by atoms with Gasteiger partial charge in [0.25, 0.3) is 0 Å². The van der Waals surface area contributed by atoms with Crippen molar-refractivity contribution in [3.05, 3.63) is 34.9 Å². The Kier molecular flexibility index (Phi) is 8.06. The van der Waals surface area contributed by atoms with E-state index in [0.29, 0.717) is 17.5 Å². The smallest absolute Gasteiger partial charge is 0.222 e. The van der Waals surface area contributed by atoms with Crippen LogP contribution in [-0.2, 0) is 9.59 Å². The quantitative estimate of drug-likeness (QED) is 0.680. The van der Waals surface area contributed by atoms with Crippen molar-refractivity contribution < 1.29 is 9.59 Å². The fraction of sp³-hybridized carbons (Fsp3) is 0.529. The molecule has 2 unspecified atom stereocenters. The maximum absolute atomic E-state index is 12.3. The number of hydrogen-bond donors (Lipinski definition) is 3. The molecule has 128 valence electrons. The van der Waals surface area contributed by atoms with Gasteiger partial charge in [0.05, 0.1) is 12.5 Å². The lowest BCUT2D eigenvalue weighted by molar-refractivity contribution is -0.123. The molecule has 1 aromatic rings. The van der Waals surface area contributed by atoms with Crippen LogP contribution in [0.4, 0.5) is 0 Å². The van der Waals surface area contributed by atoms with E-state index in [1.165, 1.54) is 6.92 Å². The van der Waals surface area contributed by atoms with Gasteiger partial charge in [0.15, 0.2) is 0 Å². The molecule has 0 saturated heterocycles. The van der Waals surface area contributed by atoms with E-state index in [9.17, 15) is 9.59 Å². The summed E-state index contributed by atoms with van der Waals surface area (Å²) >= 11 is 5.88. The second-order valence-electron chi connectivity index (χ2n) is 6.14. The van der Waals surface area contributed by atoms with Crippen molar-refractivity contribution in [1.29, 1.82) is 0 Å². The summed E-state index contributed by atoms with van der Waals surface area (Å²) < 4.78 is 0. The van der Waals surface area contributed by atoms with Gasteiger partial charge in [-0.15, -0.1) is 0 Å². The average Bonchev–Trinajstić information content (AvgIpc) is 2.45. The Morgan fingerprint density at radius 3 is 2.26 bits per heavy atom. The van der Waals surface area contributed by atoms with Crippen molar-refractivity contribution in [2.45, 2.75) is 45.7 Å². The summed E-state index contributed by atoms with van der Waals surface area (Å²) in [6.45, 7) is 6.00. The number of carbonyl (C=O) groups is 2. The summed E-state index contributed by atoms with van der Waals surface area (Å²) in [4.78, 5) is 23.7. The Morgan fingerprint density at radius 1 is 1.17 bits per heavy atom. The molecule has 23 heavy (non-hydrogen) atoms. The molecule has 0 aliphatic carbocycles. The fourth-order valence-corrected chi connectivity index (χ4v) is 2.57. The van der Waals surface area contributed by atoms with Gasteiger partial charge in [-0.1, -0.05) is 37.6 Å². The third kappa shape index (κ3) is 7.48. The summed E-state index contributed by atoms with van der Waals surface area (Å²) in [5, 5.41) is 6.36. The minimum absolute atomic E-state index is 0.0503. The van der Waals surface area contributed by atoms with Gasteiger partial charge in [0, 0.05) is 24.5 Å². The zero-order valence-electron chi connectivity index (χ0n) is 13.9. The van der Waals surface area contributed by atoms with E-state index in [4.69, 9.17) is 17.3 Å². The van der Waals surface area contributed by atoms with E-state index in [-0.39, 0.29) is 30.3 Å². The first-order valence-corrected chi connectivity index (χ1v) is 8.21. The van der Waals surface area contributed by atoms with Gasteiger partial charge in [-0.2, -0.15) is 0 Å². The number of amides is 2. The van der Waals surface area contributed by atoms with Crippen LogP contribution in [-0.4, -0.2) is 24.4 Å². The zero-order valence-corrected chi connectivity index (χ0v) is 14.7. The van der Waals surface area contributed by atoms with Gasteiger partial charge in [0.1, 0.15) is 0 Å². The molecule has 1 aromatic carbocycles. The Bertz CT molecular complexity index is 517. The number of nitrogens with two attached hydrogens (primary N) is 1. The Hall–Kier alpha value is -1.59. The molecule has 0 aliphatic heterocycles.